The van der Waals surface area contributed by atoms with Gasteiger partial charge in [0.1, 0.15) is 21.5 Å². The van der Waals surface area contributed by atoms with Crippen LogP contribution in [-0.4, -0.2) is 23.6 Å². The molecule has 2 aliphatic rings. The summed E-state index contributed by atoms with van der Waals surface area (Å²) in [6.45, 7) is 3.68. The van der Waals surface area contributed by atoms with Crippen molar-refractivity contribution in [2.24, 2.45) is 0 Å². The van der Waals surface area contributed by atoms with Gasteiger partial charge in [0, 0.05) is 11.4 Å². The SMILES string of the molecule is Cc1ccccc1NC1=C(Cl)C(=O)N(c2ccccc2N2C(=O)C(Cl)=C(Nc3ccccc3C)C2=O)C1=O. The Hall–Kier alpha value is -4.40. The summed E-state index contributed by atoms with van der Waals surface area (Å²) in [7, 11) is 0. The predicted molar refractivity (Wildman–Crippen MR) is 147 cm³/mol. The molecule has 0 spiro atoms. The highest BCUT2D eigenvalue weighted by Gasteiger charge is 2.44. The van der Waals surface area contributed by atoms with E-state index in [1.807, 2.05) is 38.1 Å². The monoisotopic (exact) mass is 546 g/mol. The molecule has 0 fully saturated rings. The van der Waals surface area contributed by atoms with Gasteiger partial charge in [-0.25, -0.2) is 9.80 Å². The number of para-hydroxylation sites is 4. The molecule has 0 saturated carbocycles. The van der Waals surface area contributed by atoms with Crippen LogP contribution in [-0.2, 0) is 19.2 Å². The Bertz CT molecular complexity index is 1490. The van der Waals surface area contributed by atoms with Gasteiger partial charge in [0.25, 0.3) is 23.6 Å². The first-order valence-corrected chi connectivity index (χ1v) is 12.3. The average molecular weight is 547 g/mol. The van der Waals surface area contributed by atoms with Crippen LogP contribution in [0.25, 0.3) is 0 Å². The Labute approximate surface area is 228 Å². The summed E-state index contributed by atoms with van der Waals surface area (Å²) in [5.74, 6) is -3.05. The fourth-order valence-corrected chi connectivity index (χ4v) is 4.62. The molecule has 0 bridgehead atoms. The summed E-state index contributed by atoms with van der Waals surface area (Å²) in [5.41, 5.74) is 2.67. The van der Waals surface area contributed by atoms with Gasteiger partial charge in [-0.2, -0.15) is 0 Å². The van der Waals surface area contributed by atoms with Gasteiger partial charge in [-0.1, -0.05) is 71.7 Å². The Balaban J connectivity index is 1.49. The molecule has 2 heterocycles. The molecule has 0 aromatic heterocycles. The van der Waals surface area contributed by atoms with Crippen LogP contribution < -0.4 is 20.4 Å². The number of benzene rings is 3. The highest BCUT2D eigenvalue weighted by atomic mass is 35.5. The van der Waals surface area contributed by atoms with Crippen LogP contribution in [0.2, 0.25) is 0 Å². The Morgan fingerprint density at radius 1 is 0.526 bits per heavy atom. The molecular formula is C28H20Cl2N4O4. The lowest BCUT2D eigenvalue weighted by Crippen LogP contribution is -2.37. The molecule has 4 amide bonds. The maximum absolute atomic E-state index is 13.4. The second-order valence-corrected chi connectivity index (χ2v) is 9.39. The normalized spacial score (nSPS) is 15.8. The minimum atomic E-state index is -0.795. The van der Waals surface area contributed by atoms with Gasteiger partial charge in [-0.3, -0.25) is 19.2 Å². The van der Waals surface area contributed by atoms with Crippen molar-refractivity contribution >= 4 is 69.6 Å². The van der Waals surface area contributed by atoms with E-state index < -0.39 is 23.6 Å². The van der Waals surface area contributed by atoms with Crippen molar-refractivity contribution in [1.82, 2.24) is 0 Å². The molecule has 5 rings (SSSR count). The van der Waals surface area contributed by atoms with Gasteiger partial charge >= 0.3 is 0 Å². The molecule has 38 heavy (non-hydrogen) atoms. The molecule has 0 aliphatic carbocycles. The summed E-state index contributed by atoms with van der Waals surface area (Å²) in [6.07, 6.45) is 0. The fraction of sp³-hybridized carbons (Fsp3) is 0.0714. The number of nitrogens with zero attached hydrogens (tertiary/aromatic N) is 2. The third-order valence-electron chi connectivity index (χ3n) is 6.23. The van der Waals surface area contributed by atoms with E-state index in [0.717, 1.165) is 20.9 Å². The number of nitrogens with one attached hydrogen (secondary N) is 2. The van der Waals surface area contributed by atoms with Gasteiger partial charge in [0.15, 0.2) is 0 Å². The molecule has 3 aromatic rings. The van der Waals surface area contributed by atoms with E-state index in [0.29, 0.717) is 11.4 Å². The second-order valence-electron chi connectivity index (χ2n) is 8.64. The van der Waals surface area contributed by atoms with Gasteiger partial charge < -0.3 is 10.6 Å². The molecule has 0 atom stereocenters. The van der Waals surface area contributed by atoms with Gasteiger partial charge in [0.05, 0.1) is 11.4 Å². The van der Waals surface area contributed by atoms with Gasteiger partial charge in [-0.05, 0) is 49.2 Å². The molecule has 0 radical (unpaired) electrons. The zero-order chi connectivity index (χ0) is 27.1. The van der Waals surface area contributed by atoms with Gasteiger partial charge in [0.2, 0.25) is 0 Å². The zero-order valence-electron chi connectivity index (χ0n) is 20.2. The quantitative estimate of drug-likeness (QED) is 0.413. The Morgan fingerprint density at radius 2 is 0.868 bits per heavy atom. The average Bonchev–Trinajstić information content (AvgIpc) is 3.24. The summed E-state index contributed by atoms with van der Waals surface area (Å²) < 4.78 is 0. The van der Waals surface area contributed by atoms with Crippen LogP contribution >= 0.6 is 23.2 Å². The largest absolute Gasteiger partial charge is 0.349 e. The molecular weight excluding hydrogens is 527 g/mol. The maximum atomic E-state index is 13.4. The van der Waals surface area contributed by atoms with Crippen molar-refractivity contribution in [2.75, 3.05) is 20.4 Å². The first-order valence-electron chi connectivity index (χ1n) is 11.5. The highest BCUT2D eigenvalue weighted by molar-refractivity contribution is 6.55. The van der Waals surface area contributed by atoms with Crippen LogP contribution in [0, 0.1) is 13.8 Å². The van der Waals surface area contributed by atoms with E-state index in [2.05, 4.69) is 10.6 Å². The molecule has 3 aromatic carbocycles. The molecule has 8 nitrogen and oxygen atoms in total. The lowest BCUT2D eigenvalue weighted by molar-refractivity contribution is -0.122. The van der Waals surface area contributed by atoms with Crippen molar-refractivity contribution in [2.45, 2.75) is 13.8 Å². The molecule has 2 aliphatic heterocycles. The Morgan fingerprint density at radius 3 is 1.24 bits per heavy atom. The Kier molecular flexibility index (Phi) is 6.52. The van der Waals surface area contributed by atoms with Gasteiger partial charge in [-0.15, -0.1) is 0 Å². The van der Waals surface area contributed by atoms with E-state index in [-0.39, 0.29) is 32.8 Å². The van der Waals surface area contributed by atoms with Crippen molar-refractivity contribution in [3.63, 3.8) is 0 Å². The van der Waals surface area contributed by atoms with Crippen molar-refractivity contribution in [3.8, 4) is 0 Å². The van der Waals surface area contributed by atoms with Crippen LogP contribution in [0.15, 0.2) is 94.3 Å². The lowest BCUT2D eigenvalue weighted by Gasteiger charge is -2.23. The van der Waals surface area contributed by atoms with Crippen LogP contribution in [0.4, 0.5) is 22.7 Å². The number of aryl methyl sites for hydroxylation is 2. The molecule has 0 unspecified atom stereocenters. The number of hydrogen-bond acceptors (Lipinski definition) is 6. The molecule has 2 N–H and O–H groups in total. The molecule has 0 saturated heterocycles. The predicted octanol–water partition coefficient (Wildman–Crippen LogP) is 5.17. The second kappa shape index (κ2) is 9.81. The number of imide groups is 2. The first kappa shape index (κ1) is 25.3. The number of amides is 4. The minimum absolute atomic E-state index is 0.00513. The number of halogens is 2. The number of carbonyl (C=O) groups excluding carboxylic acids is 4. The van der Waals surface area contributed by atoms with Crippen LogP contribution in [0.3, 0.4) is 0 Å². The summed E-state index contributed by atoms with van der Waals surface area (Å²) in [6, 6.07) is 20.5. The molecule has 10 heteroatoms. The number of carbonyl (C=O) groups is 4. The summed E-state index contributed by atoms with van der Waals surface area (Å²) in [5, 5.41) is 5.25. The van der Waals surface area contributed by atoms with Crippen LogP contribution in [0.5, 0.6) is 0 Å². The number of hydrogen-bond donors (Lipinski definition) is 2. The highest BCUT2D eigenvalue weighted by Crippen LogP contribution is 2.40. The third-order valence-corrected chi connectivity index (χ3v) is 6.93. The zero-order valence-corrected chi connectivity index (χ0v) is 21.7. The number of rotatable bonds is 6. The van der Waals surface area contributed by atoms with Crippen molar-refractivity contribution in [1.29, 1.82) is 0 Å². The minimum Gasteiger partial charge on any atom is -0.349 e. The van der Waals surface area contributed by atoms with Crippen molar-refractivity contribution < 1.29 is 19.2 Å². The first-order chi connectivity index (χ1) is 18.2. The smallest absolute Gasteiger partial charge is 0.283 e. The van der Waals surface area contributed by atoms with E-state index >= 15 is 0 Å². The van der Waals surface area contributed by atoms with E-state index in [1.54, 1.807) is 36.4 Å². The molecule has 190 valence electrons. The number of anilines is 4. The fourth-order valence-electron chi connectivity index (χ4n) is 4.20. The van der Waals surface area contributed by atoms with E-state index in [4.69, 9.17) is 23.2 Å². The van der Waals surface area contributed by atoms with E-state index in [9.17, 15) is 19.2 Å². The standard InChI is InChI=1S/C28H20Cl2N4O4/c1-15-9-3-5-11-17(15)31-23-21(29)25(35)33(27(23)37)19-13-7-8-14-20(19)34-26(36)22(30)24(28(34)38)32-18-12-6-4-10-16(18)2/h3-14,31-32H,1-2H3. The third kappa shape index (κ3) is 4.13. The maximum Gasteiger partial charge on any atom is 0.283 e. The topological polar surface area (TPSA) is 98.8 Å². The van der Waals surface area contributed by atoms with Crippen LogP contribution in [0.1, 0.15) is 11.1 Å². The van der Waals surface area contributed by atoms with E-state index in [1.165, 1.54) is 12.1 Å². The lowest BCUT2D eigenvalue weighted by atomic mass is 10.2. The summed E-state index contributed by atoms with van der Waals surface area (Å²) in [4.78, 5) is 54.9. The van der Waals surface area contributed by atoms with Crippen molar-refractivity contribution in [3.05, 3.63) is 105 Å². The summed E-state index contributed by atoms with van der Waals surface area (Å²) >= 11 is 12.6.